The molecule has 3 saturated carbocycles. The second-order valence-corrected chi connectivity index (χ2v) is 13.1. The number of carbonyl (C=O) groups is 2. The van der Waals surface area contributed by atoms with Gasteiger partial charge in [-0.25, -0.2) is 0 Å². The molecule has 4 rings (SSSR count). The van der Waals surface area contributed by atoms with E-state index in [4.69, 9.17) is 9.05 Å². The van der Waals surface area contributed by atoms with Crippen LogP contribution in [-0.4, -0.2) is 37.6 Å². The molecular formula is C26H40NO5P. The Morgan fingerprint density at radius 3 is 2.67 bits per heavy atom. The molecule has 7 heteroatoms. The molecule has 1 N–H and O–H groups in total. The summed E-state index contributed by atoms with van der Waals surface area (Å²) in [7, 11) is -3.25. The Kier molecular flexibility index (Phi) is 6.85. The average Bonchev–Trinajstić information content (AvgIpc) is 3.02. The zero-order valence-electron chi connectivity index (χ0n) is 20.8. The minimum atomic E-state index is -3.25. The maximum absolute atomic E-state index is 13.1. The molecule has 7 unspecified atom stereocenters. The summed E-state index contributed by atoms with van der Waals surface area (Å²) < 4.78 is 24.9. The van der Waals surface area contributed by atoms with Crippen molar-refractivity contribution in [3.05, 3.63) is 23.3 Å². The van der Waals surface area contributed by atoms with Gasteiger partial charge in [0.1, 0.15) is 0 Å². The predicted molar refractivity (Wildman–Crippen MR) is 129 cm³/mol. The molecule has 7 atom stereocenters. The van der Waals surface area contributed by atoms with Crippen molar-refractivity contribution in [1.82, 2.24) is 5.32 Å². The highest BCUT2D eigenvalue weighted by atomic mass is 31.2. The molecule has 0 heterocycles. The van der Waals surface area contributed by atoms with E-state index >= 15 is 0 Å². The lowest BCUT2D eigenvalue weighted by Crippen LogP contribution is -2.49. The van der Waals surface area contributed by atoms with Crippen molar-refractivity contribution in [3.8, 4) is 0 Å². The van der Waals surface area contributed by atoms with Gasteiger partial charge in [-0.05, 0) is 85.7 Å². The van der Waals surface area contributed by atoms with Crippen LogP contribution in [0.15, 0.2) is 23.3 Å². The summed E-state index contributed by atoms with van der Waals surface area (Å²) in [4.78, 5) is 23.1. The summed E-state index contributed by atoms with van der Waals surface area (Å²) in [5.41, 5.74) is 2.84. The zero-order chi connectivity index (χ0) is 24.0. The third-order valence-corrected chi connectivity index (χ3v) is 10.5. The maximum Gasteiger partial charge on any atom is 0.328 e. The van der Waals surface area contributed by atoms with Crippen LogP contribution in [-0.2, 0) is 23.2 Å². The van der Waals surface area contributed by atoms with E-state index in [0.29, 0.717) is 36.5 Å². The van der Waals surface area contributed by atoms with Crippen LogP contribution in [0.2, 0.25) is 0 Å². The topological polar surface area (TPSA) is 81.7 Å². The van der Waals surface area contributed by atoms with Crippen molar-refractivity contribution in [1.29, 1.82) is 0 Å². The van der Waals surface area contributed by atoms with E-state index in [1.54, 1.807) is 6.66 Å². The van der Waals surface area contributed by atoms with Crippen LogP contribution in [0.1, 0.15) is 72.6 Å². The maximum atomic E-state index is 13.1. The lowest BCUT2D eigenvalue weighted by Gasteiger charge is -2.57. The Labute approximate surface area is 198 Å². The molecule has 0 radical (unpaired) electrons. The fourth-order valence-corrected chi connectivity index (χ4v) is 8.86. The quantitative estimate of drug-likeness (QED) is 0.313. The van der Waals surface area contributed by atoms with Gasteiger partial charge in [0.15, 0.2) is 5.78 Å². The van der Waals surface area contributed by atoms with Crippen molar-refractivity contribution in [3.63, 3.8) is 0 Å². The number of carbonyl (C=O) groups excluding carboxylic acids is 2. The fourth-order valence-electron chi connectivity index (χ4n) is 7.71. The van der Waals surface area contributed by atoms with E-state index in [-0.39, 0.29) is 29.4 Å². The van der Waals surface area contributed by atoms with E-state index in [1.165, 1.54) is 24.5 Å². The van der Waals surface area contributed by atoms with Gasteiger partial charge in [0.25, 0.3) is 0 Å². The normalized spacial score (nSPS) is 40.9. The number of amides is 1. The van der Waals surface area contributed by atoms with E-state index in [9.17, 15) is 14.2 Å². The van der Waals surface area contributed by atoms with Crippen molar-refractivity contribution < 1.29 is 23.2 Å². The summed E-state index contributed by atoms with van der Waals surface area (Å²) in [5.74, 6) is 1.85. The van der Waals surface area contributed by atoms with Gasteiger partial charge in [-0.3, -0.25) is 14.2 Å². The van der Waals surface area contributed by atoms with E-state index in [0.717, 1.165) is 32.1 Å². The number of ketones is 1. The molecule has 33 heavy (non-hydrogen) atoms. The van der Waals surface area contributed by atoms with Gasteiger partial charge >= 0.3 is 7.60 Å². The Balaban J connectivity index is 1.51. The van der Waals surface area contributed by atoms with Crippen molar-refractivity contribution in [2.45, 2.75) is 78.7 Å². The van der Waals surface area contributed by atoms with Crippen LogP contribution in [0.5, 0.6) is 0 Å². The first-order valence-electron chi connectivity index (χ1n) is 12.6. The Bertz CT molecular complexity index is 926. The fraction of sp³-hybridized carbons (Fsp3) is 0.769. The summed E-state index contributed by atoms with van der Waals surface area (Å²) in [6, 6.07) is 0. The number of hydrogen-bond donors (Lipinski definition) is 1. The molecule has 0 aromatic rings. The molecule has 0 aromatic carbocycles. The Hall–Kier alpha value is -1.23. The minimum Gasteiger partial charge on any atom is -0.354 e. The van der Waals surface area contributed by atoms with E-state index < -0.39 is 7.60 Å². The van der Waals surface area contributed by atoms with Gasteiger partial charge < -0.3 is 14.4 Å². The molecule has 184 valence electrons. The van der Waals surface area contributed by atoms with Gasteiger partial charge in [-0.1, -0.05) is 25.5 Å². The molecule has 0 aliphatic heterocycles. The molecule has 3 fully saturated rings. The van der Waals surface area contributed by atoms with Crippen LogP contribution in [0.4, 0.5) is 0 Å². The highest BCUT2D eigenvalue weighted by molar-refractivity contribution is 7.53. The smallest absolute Gasteiger partial charge is 0.328 e. The Morgan fingerprint density at radius 1 is 1.21 bits per heavy atom. The standard InChI is InChI=1S/C26H40NO5P/c1-6-21-24(32-33(5,30)31-14-13-27-17(2)28)16-23-20-8-7-18-15-19(29)9-11-25(18,3)22(20)10-12-26(21,23)4/h6,15,20,22-24H,7-14,16H2,1-5H3,(H,27,28). The number of allylic oxidation sites excluding steroid dienone is 2. The minimum absolute atomic E-state index is 0.0544. The van der Waals surface area contributed by atoms with Crippen LogP contribution in [0.3, 0.4) is 0 Å². The summed E-state index contributed by atoms with van der Waals surface area (Å²) in [6.07, 6.45) is 10.9. The average molecular weight is 478 g/mol. The van der Waals surface area contributed by atoms with Gasteiger partial charge in [0.05, 0.1) is 12.7 Å². The van der Waals surface area contributed by atoms with Crippen LogP contribution >= 0.6 is 7.60 Å². The van der Waals surface area contributed by atoms with Gasteiger partial charge in [-0.2, -0.15) is 0 Å². The number of fused-ring (bicyclic) bond motifs is 5. The third kappa shape index (κ3) is 4.56. The second-order valence-electron chi connectivity index (χ2n) is 11.1. The van der Waals surface area contributed by atoms with Gasteiger partial charge in [0.2, 0.25) is 5.91 Å². The molecule has 0 saturated heterocycles. The molecule has 0 aromatic heterocycles. The highest BCUT2D eigenvalue weighted by Crippen LogP contribution is 2.67. The molecule has 6 nitrogen and oxygen atoms in total. The SMILES string of the molecule is CC=C1C(OP(C)(=O)OCCNC(C)=O)CC2C3CCC4=CC(=O)CCC4(C)C3CCC12C. The van der Waals surface area contributed by atoms with Crippen LogP contribution in [0.25, 0.3) is 0 Å². The second kappa shape index (κ2) is 9.09. The van der Waals surface area contributed by atoms with Crippen LogP contribution < -0.4 is 5.32 Å². The summed E-state index contributed by atoms with van der Waals surface area (Å²) >= 11 is 0. The van der Waals surface area contributed by atoms with Crippen LogP contribution in [0, 0.1) is 28.6 Å². The first kappa shape index (κ1) is 24.9. The lowest BCUT2D eigenvalue weighted by molar-refractivity contribution is -0.119. The van der Waals surface area contributed by atoms with E-state index in [1.807, 2.05) is 6.08 Å². The first-order valence-corrected chi connectivity index (χ1v) is 14.5. The molecule has 0 spiro atoms. The number of rotatable bonds is 6. The van der Waals surface area contributed by atoms with E-state index in [2.05, 4.69) is 32.2 Å². The number of hydrogen-bond acceptors (Lipinski definition) is 5. The third-order valence-electron chi connectivity index (χ3n) is 9.26. The number of nitrogens with one attached hydrogen (secondary N) is 1. The van der Waals surface area contributed by atoms with Gasteiger partial charge in [-0.15, -0.1) is 0 Å². The zero-order valence-corrected chi connectivity index (χ0v) is 21.7. The molecule has 4 aliphatic rings. The molecule has 1 amide bonds. The van der Waals surface area contributed by atoms with Crippen molar-refractivity contribution >= 4 is 19.3 Å². The first-order chi connectivity index (χ1) is 15.5. The lowest BCUT2D eigenvalue weighted by atomic mass is 9.47. The molecule has 4 aliphatic carbocycles. The molecule has 0 bridgehead atoms. The highest BCUT2D eigenvalue weighted by Gasteiger charge is 2.60. The molecular weight excluding hydrogens is 437 g/mol. The Morgan fingerprint density at radius 2 is 1.97 bits per heavy atom. The van der Waals surface area contributed by atoms with Crippen molar-refractivity contribution in [2.24, 2.45) is 28.6 Å². The monoisotopic (exact) mass is 477 g/mol. The predicted octanol–water partition coefficient (Wildman–Crippen LogP) is 5.44. The van der Waals surface area contributed by atoms with Gasteiger partial charge in [0, 0.05) is 26.6 Å². The summed E-state index contributed by atoms with van der Waals surface area (Å²) in [5, 5.41) is 2.66. The summed E-state index contributed by atoms with van der Waals surface area (Å²) in [6.45, 7) is 10.3. The van der Waals surface area contributed by atoms with Crippen molar-refractivity contribution in [2.75, 3.05) is 19.8 Å². The largest absolute Gasteiger partial charge is 0.354 e.